The van der Waals surface area contributed by atoms with Gasteiger partial charge in [-0.3, -0.25) is 4.79 Å². The number of anilines is 1. The summed E-state index contributed by atoms with van der Waals surface area (Å²) in [7, 11) is 1.71. The first-order valence-corrected chi connectivity index (χ1v) is 9.24. The lowest BCUT2D eigenvalue weighted by Crippen LogP contribution is -2.21. The van der Waals surface area contributed by atoms with Crippen molar-refractivity contribution < 1.29 is 18.0 Å². The zero-order valence-electron chi connectivity index (χ0n) is 14.4. The third-order valence-electron chi connectivity index (χ3n) is 3.78. The van der Waals surface area contributed by atoms with E-state index in [1.807, 2.05) is 0 Å². The Bertz CT molecular complexity index is 978. The second-order valence-corrected chi connectivity index (χ2v) is 7.32. The minimum atomic E-state index is -4.66. The van der Waals surface area contributed by atoms with Crippen molar-refractivity contribution in [1.29, 1.82) is 0 Å². The molecule has 10 heteroatoms. The molecule has 28 heavy (non-hydrogen) atoms. The number of carbonyl (C=O) groups is 1. The summed E-state index contributed by atoms with van der Waals surface area (Å²) in [6, 6.07) is 11.9. The van der Waals surface area contributed by atoms with E-state index >= 15 is 0 Å². The Morgan fingerprint density at radius 3 is 2.54 bits per heavy atom. The molecule has 1 N–H and O–H groups in total. The smallest absolute Gasteiger partial charge is 0.324 e. The van der Waals surface area contributed by atoms with Crippen molar-refractivity contribution in [2.45, 2.75) is 16.6 Å². The summed E-state index contributed by atoms with van der Waals surface area (Å²) in [5, 5.41) is 9.63. The van der Waals surface area contributed by atoms with Gasteiger partial charge < -0.3 is 9.88 Å². The van der Waals surface area contributed by atoms with Crippen LogP contribution >= 0.6 is 23.4 Å². The summed E-state index contributed by atoms with van der Waals surface area (Å²) in [6.07, 6.45) is -3.18. The molecule has 0 aliphatic heterocycles. The monoisotopic (exact) mass is 426 g/mol. The van der Waals surface area contributed by atoms with Crippen LogP contribution < -0.4 is 5.32 Å². The number of halogens is 4. The largest absolute Gasteiger partial charge is 0.418 e. The Kier molecular flexibility index (Phi) is 5.95. The fraction of sp³-hybridized carbons (Fsp3) is 0.167. The first kappa shape index (κ1) is 20.2. The Balaban J connectivity index is 1.94. The zero-order chi connectivity index (χ0) is 20.3. The third-order valence-corrected chi connectivity index (χ3v) is 5.32. The molecule has 1 unspecified atom stereocenters. The fourth-order valence-corrected chi connectivity index (χ4v) is 3.59. The van der Waals surface area contributed by atoms with Crippen molar-refractivity contribution in [2.24, 2.45) is 7.05 Å². The zero-order valence-corrected chi connectivity index (χ0v) is 16.0. The van der Waals surface area contributed by atoms with Gasteiger partial charge in [-0.25, -0.2) is 0 Å². The Morgan fingerprint density at radius 2 is 1.93 bits per heavy atom. The second kappa shape index (κ2) is 8.24. The van der Waals surface area contributed by atoms with Gasteiger partial charge in [-0.15, -0.1) is 10.2 Å². The van der Waals surface area contributed by atoms with Crippen LogP contribution in [0.1, 0.15) is 16.4 Å². The molecule has 5 nitrogen and oxygen atoms in total. The molecule has 0 aliphatic carbocycles. The van der Waals surface area contributed by atoms with Gasteiger partial charge in [0.25, 0.3) is 0 Å². The summed E-state index contributed by atoms with van der Waals surface area (Å²) in [5.41, 5.74) is -0.749. The molecule has 0 radical (unpaired) electrons. The maximum Gasteiger partial charge on any atom is 0.418 e. The van der Waals surface area contributed by atoms with E-state index in [9.17, 15) is 18.0 Å². The number of rotatable bonds is 5. The molecule has 0 spiro atoms. The minimum Gasteiger partial charge on any atom is -0.324 e. The van der Waals surface area contributed by atoms with Gasteiger partial charge in [0.05, 0.1) is 11.3 Å². The Labute approximate surface area is 167 Å². The van der Waals surface area contributed by atoms with Gasteiger partial charge >= 0.3 is 6.18 Å². The van der Waals surface area contributed by atoms with Crippen molar-refractivity contribution in [3.63, 3.8) is 0 Å². The summed E-state index contributed by atoms with van der Waals surface area (Å²) in [5.74, 6) is -0.618. The van der Waals surface area contributed by atoms with Crippen LogP contribution in [0.2, 0.25) is 5.02 Å². The lowest BCUT2D eigenvalue weighted by atomic mass is 10.1. The number of hydrogen-bond acceptors (Lipinski definition) is 4. The number of amides is 1. The summed E-state index contributed by atoms with van der Waals surface area (Å²) in [4.78, 5) is 12.9. The standard InChI is InChI=1S/C18H14ClF3N4OS/c1-26-10-23-25-17(26)28-15(11-5-3-2-4-6-11)16(27)24-14-8-7-12(19)9-13(14)18(20,21)22/h2-10,15H,1H3,(H,24,27). The molecule has 2 aromatic carbocycles. The molecular weight excluding hydrogens is 413 g/mol. The van der Waals surface area contributed by atoms with Crippen LogP contribution in [0.4, 0.5) is 18.9 Å². The number of hydrogen-bond donors (Lipinski definition) is 1. The van der Waals surface area contributed by atoms with Gasteiger partial charge in [-0.1, -0.05) is 53.7 Å². The SMILES string of the molecule is Cn1cnnc1SC(C(=O)Nc1ccc(Cl)cc1C(F)(F)F)c1ccccc1. The van der Waals surface area contributed by atoms with Crippen molar-refractivity contribution >= 4 is 35.0 Å². The summed E-state index contributed by atoms with van der Waals surface area (Å²) < 4.78 is 41.6. The van der Waals surface area contributed by atoms with Crippen LogP contribution in [0.25, 0.3) is 0 Å². The average Bonchev–Trinajstić information content (AvgIpc) is 3.05. The van der Waals surface area contributed by atoms with Crippen molar-refractivity contribution in [3.8, 4) is 0 Å². The molecular formula is C18H14ClF3N4OS. The lowest BCUT2D eigenvalue weighted by Gasteiger charge is -2.19. The van der Waals surface area contributed by atoms with Crippen LogP contribution in [0.3, 0.4) is 0 Å². The predicted molar refractivity (Wildman–Crippen MR) is 101 cm³/mol. The molecule has 1 aromatic heterocycles. The number of thioether (sulfide) groups is 1. The van der Waals surface area contributed by atoms with Crippen molar-refractivity contribution in [1.82, 2.24) is 14.8 Å². The van der Waals surface area contributed by atoms with Crippen LogP contribution in [0.5, 0.6) is 0 Å². The molecule has 0 bridgehead atoms. The fourth-order valence-electron chi connectivity index (χ4n) is 2.44. The molecule has 0 saturated heterocycles. The first-order valence-electron chi connectivity index (χ1n) is 7.99. The number of benzene rings is 2. The molecule has 0 fully saturated rings. The van der Waals surface area contributed by atoms with Crippen LogP contribution in [0.15, 0.2) is 60.0 Å². The second-order valence-electron chi connectivity index (χ2n) is 5.81. The Hall–Kier alpha value is -2.52. The Morgan fingerprint density at radius 1 is 1.21 bits per heavy atom. The summed E-state index contributed by atoms with van der Waals surface area (Å²) >= 11 is 6.78. The van der Waals surface area contributed by atoms with E-state index in [1.54, 1.807) is 41.9 Å². The minimum absolute atomic E-state index is 0.0709. The predicted octanol–water partition coefficient (Wildman–Crippen LogP) is 4.96. The quantitative estimate of drug-likeness (QED) is 0.586. The molecule has 1 heterocycles. The van der Waals surface area contributed by atoms with Gasteiger partial charge in [0.1, 0.15) is 11.6 Å². The van der Waals surface area contributed by atoms with Gasteiger partial charge in [0.15, 0.2) is 5.16 Å². The number of nitrogens with zero attached hydrogens (tertiary/aromatic N) is 3. The number of alkyl halides is 3. The number of aromatic nitrogens is 3. The highest BCUT2D eigenvalue weighted by atomic mass is 35.5. The molecule has 1 amide bonds. The lowest BCUT2D eigenvalue weighted by molar-refractivity contribution is -0.137. The molecule has 146 valence electrons. The van der Waals surface area contributed by atoms with E-state index in [0.29, 0.717) is 10.7 Å². The van der Waals surface area contributed by atoms with E-state index in [4.69, 9.17) is 11.6 Å². The van der Waals surface area contributed by atoms with Gasteiger partial charge in [-0.2, -0.15) is 13.2 Å². The maximum atomic E-state index is 13.3. The number of carbonyl (C=O) groups excluding carboxylic acids is 1. The normalized spacial score (nSPS) is 12.6. The molecule has 3 rings (SSSR count). The van der Waals surface area contributed by atoms with Crippen LogP contribution in [-0.2, 0) is 18.0 Å². The van der Waals surface area contributed by atoms with Gasteiger partial charge in [0, 0.05) is 12.1 Å². The van der Waals surface area contributed by atoms with E-state index in [-0.39, 0.29) is 10.7 Å². The van der Waals surface area contributed by atoms with Crippen LogP contribution in [-0.4, -0.2) is 20.7 Å². The maximum absolute atomic E-state index is 13.3. The van der Waals surface area contributed by atoms with Crippen molar-refractivity contribution in [3.05, 3.63) is 71.0 Å². The molecule has 3 aromatic rings. The van der Waals surface area contributed by atoms with E-state index < -0.39 is 22.9 Å². The number of nitrogens with one attached hydrogen (secondary N) is 1. The van der Waals surface area contributed by atoms with Crippen molar-refractivity contribution in [2.75, 3.05) is 5.32 Å². The highest BCUT2D eigenvalue weighted by Crippen LogP contribution is 2.39. The topological polar surface area (TPSA) is 59.8 Å². The highest BCUT2D eigenvalue weighted by Gasteiger charge is 2.35. The molecule has 1 atom stereocenters. The van der Waals surface area contributed by atoms with E-state index in [0.717, 1.165) is 23.9 Å². The van der Waals surface area contributed by atoms with Crippen LogP contribution in [0, 0.1) is 0 Å². The van der Waals surface area contributed by atoms with E-state index in [2.05, 4.69) is 15.5 Å². The van der Waals surface area contributed by atoms with Gasteiger partial charge in [0.2, 0.25) is 5.91 Å². The van der Waals surface area contributed by atoms with E-state index in [1.165, 1.54) is 12.4 Å². The molecule has 0 saturated carbocycles. The first-order chi connectivity index (χ1) is 13.3. The van der Waals surface area contributed by atoms with Gasteiger partial charge in [-0.05, 0) is 23.8 Å². The average molecular weight is 427 g/mol. The summed E-state index contributed by atoms with van der Waals surface area (Å²) in [6.45, 7) is 0. The third kappa shape index (κ3) is 4.66. The number of aryl methyl sites for hydroxylation is 1. The molecule has 0 aliphatic rings. The highest BCUT2D eigenvalue weighted by molar-refractivity contribution is 8.00.